The molecule has 5 heteroatoms. The van der Waals surface area contributed by atoms with Crippen LogP contribution in [-0.4, -0.2) is 15.0 Å². The molecular formula is C49H32N4S. The van der Waals surface area contributed by atoms with Crippen LogP contribution in [0.4, 0.5) is 17.1 Å². The lowest BCUT2D eigenvalue weighted by Crippen LogP contribution is -2.10. The van der Waals surface area contributed by atoms with E-state index >= 15 is 0 Å². The summed E-state index contributed by atoms with van der Waals surface area (Å²) in [6, 6.07) is 68.2. The van der Waals surface area contributed by atoms with Crippen molar-refractivity contribution < 1.29 is 0 Å². The SMILES string of the molecule is c1ccc(-c2cccc(N(c3ccc4ccccc4c3)c3ccc4c(c3)sc3cccc(-c5nc(-c6ccccc6)nc(-c6ccccc6)n5)c34)c2)cc1. The highest BCUT2D eigenvalue weighted by Gasteiger charge is 2.19. The van der Waals surface area contributed by atoms with E-state index in [1.165, 1.54) is 36.7 Å². The lowest BCUT2D eigenvalue weighted by atomic mass is 10.0. The van der Waals surface area contributed by atoms with Gasteiger partial charge in [0.15, 0.2) is 17.5 Å². The first-order chi connectivity index (χ1) is 26.7. The van der Waals surface area contributed by atoms with Gasteiger partial charge in [0.1, 0.15) is 0 Å². The smallest absolute Gasteiger partial charge is 0.164 e. The summed E-state index contributed by atoms with van der Waals surface area (Å²) in [7, 11) is 0. The van der Waals surface area contributed by atoms with E-state index in [9.17, 15) is 0 Å². The molecule has 0 radical (unpaired) electrons. The number of nitrogens with zero attached hydrogens (tertiary/aromatic N) is 4. The van der Waals surface area contributed by atoms with E-state index in [1.54, 1.807) is 11.3 Å². The number of aromatic nitrogens is 3. The van der Waals surface area contributed by atoms with E-state index in [0.29, 0.717) is 17.5 Å². The standard InChI is InChI=1S/C49H32N4S/c1-4-14-33(15-5-1)38-22-12-23-39(30-38)53(40-27-26-34-16-10-11-21-37(34)31-40)41-28-29-42-45(32-41)54-44-25-13-24-43(46(42)44)49-51-47(35-17-6-2-7-18-35)50-48(52-49)36-19-8-3-9-20-36/h1-32H. The highest BCUT2D eigenvalue weighted by molar-refractivity contribution is 7.26. The van der Waals surface area contributed by atoms with Crippen LogP contribution in [0.1, 0.15) is 0 Å². The molecule has 0 fully saturated rings. The number of fused-ring (bicyclic) bond motifs is 4. The zero-order chi connectivity index (χ0) is 35.8. The van der Waals surface area contributed by atoms with Gasteiger partial charge in [0, 0.05) is 53.9 Å². The van der Waals surface area contributed by atoms with Gasteiger partial charge in [0.25, 0.3) is 0 Å². The van der Waals surface area contributed by atoms with Crippen molar-refractivity contribution in [3.05, 3.63) is 194 Å². The van der Waals surface area contributed by atoms with Crippen molar-refractivity contribution in [1.29, 1.82) is 0 Å². The number of benzene rings is 8. The Morgan fingerprint density at radius 3 is 1.63 bits per heavy atom. The molecule has 0 N–H and O–H groups in total. The molecule has 0 aliphatic carbocycles. The fourth-order valence-corrected chi connectivity index (χ4v) is 8.45. The summed E-state index contributed by atoms with van der Waals surface area (Å²) in [6.45, 7) is 0. The van der Waals surface area contributed by atoms with Gasteiger partial charge in [0.2, 0.25) is 0 Å². The van der Waals surface area contributed by atoms with E-state index in [4.69, 9.17) is 15.0 Å². The number of rotatable bonds is 7. The summed E-state index contributed by atoms with van der Waals surface area (Å²) in [5.74, 6) is 1.97. The molecule has 0 amide bonds. The van der Waals surface area contributed by atoms with Gasteiger partial charge in [0.05, 0.1) is 0 Å². The van der Waals surface area contributed by atoms with Crippen LogP contribution >= 0.6 is 11.3 Å². The Morgan fingerprint density at radius 2 is 0.907 bits per heavy atom. The fraction of sp³-hybridized carbons (Fsp3) is 0. The van der Waals surface area contributed by atoms with Gasteiger partial charge in [-0.1, -0.05) is 152 Å². The molecule has 54 heavy (non-hydrogen) atoms. The van der Waals surface area contributed by atoms with Crippen LogP contribution in [0.5, 0.6) is 0 Å². The van der Waals surface area contributed by atoms with Crippen LogP contribution < -0.4 is 4.90 Å². The molecule has 0 atom stereocenters. The van der Waals surface area contributed by atoms with Crippen molar-refractivity contribution in [1.82, 2.24) is 15.0 Å². The molecule has 4 nitrogen and oxygen atoms in total. The lowest BCUT2D eigenvalue weighted by Gasteiger charge is -2.26. The molecule has 254 valence electrons. The molecule has 0 bridgehead atoms. The topological polar surface area (TPSA) is 41.9 Å². The van der Waals surface area contributed by atoms with E-state index in [0.717, 1.165) is 39.1 Å². The molecule has 10 rings (SSSR count). The summed E-state index contributed by atoms with van der Waals surface area (Å²) in [6.07, 6.45) is 0. The molecule has 8 aromatic carbocycles. The molecule has 0 aliphatic heterocycles. The average molecular weight is 709 g/mol. The Morgan fingerprint density at radius 1 is 0.352 bits per heavy atom. The van der Waals surface area contributed by atoms with Crippen molar-refractivity contribution >= 4 is 59.3 Å². The predicted octanol–water partition coefficient (Wildman–Crippen LogP) is 13.5. The van der Waals surface area contributed by atoms with Gasteiger partial charge in [-0.25, -0.2) is 15.0 Å². The van der Waals surface area contributed by atoms with Gasteiger partial charge in [-0.3, -0.25) is 0 Å². The van der Waals surface area contributed by atoms with Crippen molar-refractivity contribution in [2.45, 2.75) is 0 Å². The fourth-order valence-electron chi connectivity index (χ4n) is 7.29. The average Bonchev–Trinajstić information content (AvgIpc) is 3.63. The largest absolute Gasteiger partial charge is 0.310 e. The third kappa shape index (κ3) is 5.87. The minimum atomic E-state index is 0.655. The molecule has 0 spiro atoms. The van der Waals surface area contributed by atoms with Gasteiger partial charge in [-0.05, 0) is 64.4 Å². The summed E-state index contributed by atoms with van der Waals surface area (Å²) in [5.41, 5.74) is 8.56. The highest BCUT2D eigenvalue weighted by atomic mass is 32.1. The van der Waals surface area contributed by atoms with Crippen LogP contribution in [0.3, 0.4) is 0 Å². The Balaban J connectivity index is 1.14. The maximum absolute atomic E-state index is 5.09. The molecule has 0 saturated carbocycles. The first-order valence-electron chi connectivity index (χ1n) is 18.0. The molecule has 0 saturated heterocycles. The van der Waals surface area contributed by atoms with E-state index < -0.39 is 0 Å². The monoisotopic (exact) mass is 708 g/mol. The first kappa shape index (κ1) is 31.8. The van der Waals surface area contributed by atoms with E-state index in [-0.39, 0.29) is 0 Å². The summed E-state index contributed by atoms with van der Waals surface area (Å²) in [5, 5.41) is 4.75. The van der Waals surface area contributed by atoms with Crippen LogP contribution in [0.15, 0.2) is 194 Å². The summed E-state index contributed by atoms with van der Waals surface area (Å²) in [4.78, 5) is 17.5. The Hall–Kier alpha value is -6.95. The normalized spacial score (nSPS) is 11.3. The highest BCUT2D eigenvalue weighted by Crippen LogP contribution is 2.44. The van der Waals surface area contributed by atoms with Crippen molar-refractivity contribution in [3.63, 3.8) is 0 Å². The third-order valence-corrected chi connectivity index (χ3v) is 11.0. The first-order valence-corrected chi connectivity index (χ1v) is 18.8. The van der Waals surface area contributed by atoms with Crippen LogP contribution in [0, 0.1) is 0 Å². The Labute approximate surface area is 317 Å². The van der Waals surface area contributed by atoms with E-state index in [2.05, 4.69) is 138 Å². The van der Waals surface area contributed by atoms with Crippen LogP contribution in [0.2, 0.25) is 0 Å². The molecule has 0 aliphatic rings. The van der Waals surface area contributed by atoms with E-state index in [1.807, 2.05) is 60.7 Å². The lowest BCUT2D eigenvalue weighted by molar-refractivity contribution is 1.08. The maximum Gasteiger partial charge on any atom is 0.164 e. The van der Waals surface area contributed by atoms with Crippen molar-refractivity contribution in [2.24, 2.45) is 0 Å². The zero-order valence-electron chi connectivity index (χ0n) is 29.2. The molecule has 2 heterocycles. The Bertz CT molecular complexity index is 2880. The van der Waals surface area contributed by atoms with Crippen molar-refractivity contribution in [3.8, 4) is 45.3 Å². The quantitative estimate of drug-likeness (QED) is 0.165. The van der Waals surface area contributed by atoms with Crippen molar-refractivity contribution in [2.75, 3.05) is 4.90 Å². The predicted molar refractivity (Wildman–Crippen MR) is 227 cm³/mol. The number of hydrogen-bond donors (Lipinski definition) is 0. The molecule has 2 aromatic heterocycles. The van der Waals surface area contributed by atoms with Gasteiger partial charge >= 0.3 is 0 Å². The summed E-state index contributed by atoms with van der Waals surface area (Å²) < 4.78 is 2.38. The number of anilines is 3. The number of hydrogen-bond acceptors (Lipinski definition) is 5. The summed E-state index contributed by atoms with van der Waals surface area (Å²) >= 11 is 1.80. The molecule has 10 aromatic rings. The minimum Gasteiger partial charge on any atom is -0.310 e. The van der Waals surface area contributed by atoms with Gasteiger partial charge < -0.3 is 4.90 Å². The molecule has 0 unspecified atom stereocenters. The van der Waals surface area contributed by atoms with Gasteiger partial charge in [-0.15, -0.1) is 11.3 Å². The van der Waals surface area contributed by atoms with Crippen LogP contribution in [-0.2, 0) is 0 Å². The van der Waals surface area contributed by atoms with Crippen LogP contribution in [0.25, 0.3) is 76.2 Å². The maximum atomic E-state index is 5.09. The minimum absolute atomic E-state index is 0.655. The van der Waals surface area contributed by atoms with Gasteiger partial charge in [-0.2, -0.15) is 0 Å². The number of thiophene rings is 1. The second-order valence-electron chi connectivity index (χ2n) is 13.3. The molecular weight excluding hydrogens is 677 g/mol. The Kier molecular flexibility index (Phi) is 7.97. The third-order valence-electron chi connectivity index (χ3n) is 9.88. The second-order valence-corrected chi connectivity index (χ2v) is 14.4. The zero-order valence-corrected chi connectivity index (χ0v) is 30.0. The second kappa shape index (κ2) is 13.6.